The summed E-state index contributed by atoms with van der Waals surface area (Å²) in [6.45, 7) is 9.45. The molecule has 0 saturated carbocycles. The Labute approximate surface area is 167 Å². The summed E-state index contributed by atoms with van der Waals surface area (Å²) in [5, 5.41) is 7.07. The molecule has 8 nitrogen and oxygen atoms in total. The van der Waals surface area contributed by atoms with Gasteiger partial charge in [-0.25, -0.2) is 4.79 Å². The highest BCUT2D eigenvalue weighted by Gasteiger charge is 2.31. The minimum Gasteiger partial charge on any atom is -0.381 e. The number of rotatable bonds is 9. The van der Waals surface area contributed by atoms with E-state index >= 15 is 0 Å². The van der Waals surface area contributed by atoms with E-state index in [4.69, 9.17) is 14.0 Å². The van der Waals surface area contributed by atoms with Gasteiger partial charge < -0.3 is 24.2 Å². The Bertz CT molecular complexity index is 601. The van der Waals surface area contributed by atoms with Crippen molar-refractivity contribution < 1.29 is 18.8 Å². The van der Waals surface area contributed by atoms with E-state index in [1.807, 2.05) is 4.90 Å². The van der Waals surface area contributed by atoms with Crippen molar-refractivity contribution in [3.8, 4) is 0 Å². The molecule has 2 fully saturated rings. The van der Waals surface area contributed by atoms with Crippen LogP contribution in [0.4, 0.5) is 4.79 Å². The number of urea groups is 1. The summed E-state index contributed by atoms with van der Waals surface area (Å²) < 4.78 is 16.6. The topological polar surface area (TPSA) is 89.7 Å². The minimum absolute atomic E-state index is 0.00408. The van der Waals surface area contributed by atoms with Crippen LogP contribution >= 0.6 is 0 Å². The van der Waals surface area contributed by atoms with Gasteiger partial charge in [0.05, 0.1) is 12.5 Å². The number of nitrogens with zero attached hydrogens (tertiary/aromatic N) is 3. The minimum atomic E-state index is 0.00408. The summed E-state index contributed by atoms with van der Waals surface area (Å²) in [7, 11) is 0. The molecule has 1 aromatic heterocycles. The molecular formula is C20H34N4O4. The van der Waals surface area contributed by atoms with Crippen molar-refractivity contribution in [2.24, 2.45) is 11.8 Å². The largest absolute Gasteiger partial charge is 0.381 e. The van der Waals surface area contributed by atoms with Gasteiger partial charge in [-0.2, -0.15) is 4.98 Å². The van der Waals surface area contributed by atoms with Crippen LogP contribution in [0.1, 0.15) is 57.2 Å². The Morgan fingerprint density at radius 1 is 1.32 bits per heavy atom. The fraction of sp³-hybridized carbons (Fsp3) is 0.850. The van der Waals surface area contributed by atoms with E-state index in [2.05, 4.69) is 29.3 Å². The first-order chi connectivity index (χ1) is 13.6. The molecule has 1 N–H and O–H groups in total. The van der Waals surface area contributed by atoms with Gasteiger partial charge in [-0.1, -0.05) is 19.0 Å². The lowest BCUT2D eigenvalue weighted by Crippen LogP contribution is -2.39. The van der Waals surface area contributed by atoms with Crippen LogP contribution in [0.3, 0.4) is 0 Å². The standard InChI is InChI=1S/C20H34N4O4/c1-15(2)3-8-21-20(25)24-9-4-17(13-24)19-22-18(23-28-19)7-12-27-14-16-5-10-26-11-6-16/h15-17H,3-14H2,1-2H3,(H,21,25). The average molecular weight is 395 g/mol. The highest BCUT2D eigenvalue weighted by atomic mass is 16.5. The molecule has 2 aliphatic heterocycles. The average Bonchev–Trinajstić information content (AvgIpc) is 3.35. The van der Waals surface area contributed by atoms with Crippen LogP contribution in [0.15, 0.2) is 4.52 Å². The molecule has 158 valence electrons. The Balaban J connectivity index is 1.35. The fourth-order valence-corrected chi connectivity index (χ4v) is 3.59. The van der Waals surface area contributed by atoms with E-state index in [0.717, 1.165) is 58.6 Å². The van der Waals surface area contributed by atoms with Gasteiger partial charge >= 0.3 is 6.03 Å². The van der Waals surface area contributed by atoms with Crippen molar-refractivity contribution in [3.05, 3.63) is 11.7 Å². The van der Waals surface area contributed by atoms with Crippen molar-refractivity contribution in [2.45, 2.75) is 51.9 Å². The van der Waals surface area contributed by atoms with Gasteiger partial charge in [0.1, 0.15) is 0 Å². The van der Waals surface area contributed by atoms with E-state index in [9.17, 15) is 4.79 Å². The summed E-state index contributed by atoms with van der Waals surface area (Å²) in [5.74, 6) is 2.63. The highest BCUT2D eigenvalue weighted by molar-refractivity contribution is 5.74. The molecule has 0 bridgehead atoms. The zero-order valence-corrected chi connectivity index (χ0v) is 17.2. The molecule has 3 heterocycles. The molecule has 1 unspecified atom stereocenters. The lowest BCUT2D eigenvalue weighted by atomic mass is 10.0. The fourth-order valence-electron chi connectivity index (χ4n) is 3.59. The van der Waals surface area contributed by atoms with Crippen molar-refractivity contribution >= 4 is 6.03 Å². The van der Waals surface area contributed by atoms with Gasteiger partial charge in [-0.3, -0.25) is 0 Å². The van der Waals surface area contributed by atoms with Crippen LogP contribution in [-0.4, -0.2) is 67.1 Å². The van der Waals surface area contributed by atoms with E-state index in [0.29, 0.717) is 43.1 Å². The summed E-state index contributed by atoms with van der Waals surface area (Å²) >= 11 is 0. The van der Waals surface area contributed by atoms with Crippen LogP contribution < -0.4 is 5.32 Å². The number of ether oxygens (including phenoxy) is 2. The predicted molar refractivity (Wildman–Crippen MR) is 104 cm³/mol. The number of carbonyl (C=O) groups excluding carboxylic acids is 1. The number of hydrogen-bond donors (Lipinski definition) is 1. The molecule has 3 rings (SSSR count). The molecule has 2 amide bonds. The van der Waals surface area contributed by atoms with Crippen LogP contribution in [0.25, 0.3) is 0 Å². The summed E-state index contributed by atoms with van der Waals surface area (Å²) in [4.78, 5) is 18.6. The third-order valence-electron chi connectivity index (χ3n) is 5.47. The number of aromatic nitrogens is 2. The Morgan fingerprint density at radius 2 is 2.14 bits per heavy atom. The molecular weight excluding hydrogens is 360 g/mol. The van der Waals surface area contributed by atoms with Gasteiger partial charge in [0.25, 0.3) is 0 Å². The third-order valence-corrected chi connectivity index (χ3v) is 5.47. The molecule has 2 saturated heterocycles. The second kappa shape index (κ2) is 10.8. The molecule has 0 aliphatic carbocycles. The smallest absolute Gasteiger partial charge is 0.317 e. The van der Waals surface area contributed by atoms with Crippen molar-refractivity contribution in [2.75, 3.05) is 46.1 Å². The van der Waals surface area contributed by atoms with E-state index in [1.165, 1.54) is 0 Å². The van der Waals surface area contributed by atoms with Crippen LogP contribution in [0, 0.1) is 11.8 Å². The zero-order valence-electron chi connectivity index (χ0n) is 17.2. The van der Waals surface area contributed by atoms with Crippen LogP contribution in [0.2, 0.25) is 0 Å². The third kappa shape index (κ3) is 6.44. The van der Waals surface area contributed by atoms with Gasteiger partial charge in [0, 0.05) is 45.9 Å². The first kappa shape index (κ1) is 21.0. The highest BCUT2D eigenvalue weighted by Crippen LogP contribution is 2.26. The molecule has 8 heteroatoms. The van der Waals surface area contributed by atoms with Crippen molar-refractivity contribution in [1.29, 1.82) is 0 Å². The second-order valence-corrected chi connectivity index (χ2v) is 8.28. The normalized spacial score (nSPS) is 20.8. The van der Waals surface area contributed by atoms with E-state index in [1.54, 1.807) is 0 Å². The second-order valence-electron chi connectivity index (χ2n) is 8.28. The van der Waals surface area contributed by atoms with Crippen LogP contribution in [-0.2, 0) is 15.9 Å². The number of nitrogens with one attached hydrogen (secondary N) is 1. The monoisotopic (exact) mass is 394 g/mol. The van der Waals surface area contributed by atoms with Crippen molar-refractivity contribution in [1.82, 2.24) is 20.4 Å². The molecule has 2 aliphatic rings. The van der Waals surface area contributed by atoms with Gasteiger partial charge in [0.2, 0.25) is 5.89 Å². The lowest BCUT2D eigenvalue weighted by molar-refractivity contribution is 0.0211. The maximum Gasteiger partial charge on any atom is 0.317 e. The van der Waals surface area contributed by atoms with E-state index < -0.39 is 0 Å². The molecule has 0 radical (unpaired) electrons. The lowest BCUT2D eigenvalue weighted by Gasteiger charge is -2.21. The van der Waals surface area contributed by atoms with Gasteiger partial charge in [0.15, 0.2) is 5.82 Å². The van der Waals surface area contributed by atoms with Gasteiger partial charge in [-0.05, 0) is 37.5 Å². The summed E-state index contributed by atoms with van der Waals surface area (Å²) in [6.07, 6.45) is 4.66. The van der Waals surface area contributed by atoms with Crippen molar-refractivity contribution in [3.63, 3.8) is 0 Å². The SMILES string of the molecule is CC(C)CCNC(=O)N1CCC(c2nc(CCOCC3CCOCC3)no2)C1. The van der Waals surface area contributed by atoms with E-state index in [-0.39, 0.29) is 11.9 Å². The van der Waals surface area contributed by atoms with Gasteiger partial charge in [-0.15, -0.1) is 0 Å². The van der Waals surface area contributed by atoms with Crippen LogP contribution in [0.5, 0.6) is 0 Å². The maximum absolute atomic E-state index is 12.2. The Kier molecular flexibility index (Phi) is 8.09. The first-order valence-electron chi connectivity index (χ1n) is 10.6. The number of hydrogen-bond acceptors (Lipinski definition) is 6. The maximum atomic E-state index is 12.2. The Morgan fingerprint density at radius 3 is 2.93 bits per heavy atom. The molecule has 28 heavy (non-hydrogen) atoms. The quantitative estimate of drug-likeness (QED) is 0.648. The molecule has 0 spiro atoms. The number of carbonyl (C=O) groups is 1. The number of amides is 2. The molecule has 0 aromatic carbocycles. The first-order valence-corrected chi connectivity index (χ1v) is 10.6. The summed E-state index contributed by atoms with van der Waals surface area (Å²) in [5.41, 5.74) is 0. The molecule has 1 aromatic rings. The predicted octanol–water partition coefficient (Wildman–Crippen LogP) is 2.60. The Hall–Kier alpha value is -1.67. The number of likely N-dealkylation sites (tertiary alicyclic amines) is 1. The molecule has 1 atom stereocenters. The zero-order chi connectivity index (χ0) is 19.8. The summed E-state index contributed by atoms with van der Waals surface area (Å²) in [6, 6.07) is 0.00408.